The maximum atomic E-state index is 10.3. The van der Waals surface area contributed by atoms with E-state index in [0.717, 1.165) is 13.1 Å². The smallest absolute Gasteiger partial charge is 0.306 e. The number of hydrogen-bond acceptors (Lipinski definition) is 2. The van der Waals surface area contributed by atoms with Gasteiger partial charge in [-0.2, -0.15) is 0 Å². The number of carboxylic acid groups (broad SMARTS) is 1. The van der Waals surface area contributed by atoms with E-state index in [2.05, 4.69) is 5.32 Å². The number of nitrogens with one attached hydrogen (secondary N) is 1. The molecule has 1 saturated heterocycles. The van der Waals surface area contributed by atoms with Crippen LogP contribution < -0.4 is 5.32 Å². The lowest BCUT2D eigenvalue weighted by atomic mass is 9.89. The summed E-state index contributed by atoms with van der Waals surface area (Å²) in [7, 11) is 0. The summed E-state index contributed by atoms with van der Waals surface area (Å²) in [6.07, 6.45) is 0. The molecule has 0 unspecified atom stereocenters. The summed E-state index contributed by atoms with van der Waals surface area (Å²) in [6, 6.07) is 0. The minimum atomic E-state index is -0.679. The van der Waals surface area contributed by atoms with Crippen LogP contribution in [0.15, 0.2) is 0 Å². The number of aliphatic carboxylic acids is 1. The molecule has 52 valence electrons. The van der Waals surface area contributed by atoms with Crippen LogP contribution in [0, 0.1) is 11.8 Å². The molecule has 9 heavy (non-hydrogen) atoms. The fraction of sp³-hybridized carbons (Fsp3) is 0.833. The van der Waals surface area contributed by atoms with Gasteiger partial charge in [0.15, 0.2) is 0 Å². The van der Waals surface area contributed by atoms with Gasteiger partial charge in [-0.25, -0.2) is 0 Å². The molecule has 0 saturated carbocycles. The Kier molecular flexibility index (Phi) is 1.71. The van der Waals surface area contributed by atoms with E-state index in [-0.39, 0.29) is 5.92 Å². The molecule has 0 aromatic heterocycles. The van der Waals surface area contributed by atoms with Gasteiger partial charge in [0, 0.05) is 0 Å². The quantitative estimate of drug-likeness (QED) is 0.548. The molecular weight excluding hydrogens is 118 g/mol. The standard InChI is InChI=1S/C6H11NO2/c1-4(6(8)9)5-2-7-3-5/h4-5,7H,2-3H2,1H3,(H,8,9)/t4-/m1/s1. The third-order valence-corrected chi connectivity index (χ3v) is 1.91. The van der Waals surface area contributed by atoms with Crippen molar-refractivity contribution in [2.45, 2.75) is 6.92 Å². The number of carbonyl (C=O) groups is 1. The molecule has 0 aromatic carbocycles. The van der Waals surface area contributed by atoms with E-state index in [1.54, 1.807) is 6.92 Å². The van der Waals surface area contributed by atoms with Gasteiger partial charge in [-0.15, -0.1) is 0 Å². The molecule has 1 aliphatic heterocycles. The van der Waals surface area contributed by atoms with Gasteiger partial charge in [0.05, 0.1) is 5.92 Å². The maximum Gasteiger partial charge on any atom is 0.306 e. The topological polar surface area (TPSA) is 49.3 Å². The van der Waals surface area contributed by atoms with Gasteiger partial charge in [0.25, 0.3) is 0 Å². The fourth-order valence-corrected chi connectivity index (χ4v) is 0.866. The highest BCUT2D eigenvalue weighted by Gasteiger charge is 2.27. The Morgan fingerprint density at radius 1 is 1.78 bits per heavy atom. The van der Waals surface area contributed by atoms with Crippen molar-refractivity contribution >= 4 is 5.97 Å². The summed E-state index contributed by atoms with van der Waals surface area (Å²) in [6.45, 7) is 3.49. The van der Waals surface area contributed by atoms with Crippen LogP contribution in [0.2, 0.25) is 0 Å². The Bertz CT molecular complexity index is 120. The molecule has 1 fully saturated rings. The minimum absolute atomic E-state index is 0.175. The molecule has 1 heterocycles. The highest BCUT2D eigenvalue weighted by atomic mass is 16.4. The second kappa shape index (κ2) is 2.35. The Morgan fingerprint density at radius 3 is 2.44 bits per heavy atom. The summed E-state index contributed by atoms with van der Waals surface area (Å²) in [5.74, 6) is -0.491. The van der Waals surface area contributed by atoms with Gasteiger partial charge in [-0.05, 0) is 19.0 Å². The van der Waals surface area contributed by atoms with E-state index < -0.39 is 5.97 Å². The number of carboxylic acids is 1. The van der Waals surface area contributed by atoms with Gasteiger partial charge in [-0.3, -0.25) is 4.79 Å². The van der Waals surface area contributed by atoms with Crippen LogP contribution >= 0.6 is 0 Å². The van der Waals surface area contributed by atoms with Crippen molar-refractivity contribution in [3.63, 3.8) is 0 Å². The van der Waals surface area contributed by atoms with E-state index in [1.807, 2.05) is 0 Å². The van der Waals surface area contributed by atoms with Crippen molar-refractivity contribution in [3.05, 3.63) is 0 Å². The summed E-state index contributed by atoms with van der Waals surface area (Å²) in [5.41, 5.74) is 0. The highest BCUT2D eigenvalue weighted by Crippen LogP contribution is 2.15. The van der Waals surface area contributed by atoms with Crippen LogP contribution in [-0.2, 0) is 4.79 Å². The molecule has 0 aliphatic carbocycles. The molecule has 0 amide bonds. The minimum Gasteiger partial charge on any atom is -0.481 e. The van der Waals surface area contributed by atoms with E-state index in [4.69, 9.17) is 5.11 Å². The van der Waals surface area contributed by atoms with Crippen molar-refractivity contribution in [2.24, 2.45) is 11.8 Å². The van der Waals surface area contributed by atoms with Crippen molar-refractivity contribution in [2.75, 3.05) is 13.1 Å². The van der Waals surface area contributed by atoms with Gasteiger partial charge in [0.2, 0.25) is 0 Å². The molecule has 1 aliphatic rings. The second-order valence-electron chi connectivity index (χ2n) is 2.55. The summed E-state index contributed by atoms with van der Waals surface area (Å²) in [5, 5.41) is 11.5. The molecule has 2 N–H and O–H groups in total. The Balaban J connectivity index is 2.32. The Labute approximate surface area is 54.1 Å². The van der Waals surface area contributed by atoms with Crippen LogP contribution in [0.25, 0.3) is 0 Å². The molecule has 3 nitrogen and oxygen atoms in total. The van der Waals surface area contributed by atoms with Crippen molar-refractivity contribution in [3.8, 4) is 0 Å². The average molecular weight is 129 g/mol. The Hall–Kier alpha value is -0.570. The van der Waals surface area contributed by atoms with Gasteiger partial charge in [-0.1, -0.05) is 6.92 Å². The van der Waals surface area contributed by atoms with E-state index in [9.17, 15) is 4.79 Å². The normalized spacial score (nSPS) is 22.8. The van der Waals surface area contributed by atoms with Crippen LogP contribution in [-0.4, -0.2) is 24.2 Å². The molecule has 0 bridgehead atoms. The third kappa shape index (κ3) is 1.21. The highest BCUT2D eigenvalue weighted by molar-refractivity contribution is 5.70. The largest absolute Gasteiger partial charge is 0.481 e. The van der Waals surface area contributed by atoms with E-state index in [1.165, 1.54) is 0 Å². The lowest BCUT2D eigenvalue weighted by molar-refractivity contribution is -0.143. The van der Waals surface area contributed by atoms with Crippen LogP contribution in [0.4, 0.5) is 0 Å². The van der Waals surface area contributed by atoms with Crippen molar-refractivity contribution in [1.29, 1.82) is 0 Å². The second-order valence-corrected chi connectivity index (χ2v) is 2.55. The monoisotopic (exact) mass is 129 g/mol. The maximum absolute atomic E-state index is 10.3. The first-order valence-corrected chi connectivity index (χ1v) is 3.15. The van der Waals surface area contributed by atoms with Gasteiger partial charge in [0.1, 0.15) is 0 Å². The summed E-state index contributed by atoms with van der Waals surface area (Å²) < 4.78 is 0. The molecule has 0 spiro atoms. The molecule has 3 heteroatoms. The lowest BCUT2D eigenvalue weighted by Crippen LogP contribution is -2.47. The zero-order valence-corrected chi connectivity index (χ0v) is 5.42. The molecule has 0 aromatic rings. The first-order chi connectivity index (χ1) is 4.22. The Morgan fingerprint density at radius 2 is 2.33 bits per heavy atom. The third-order valence-electron chi connectivity index (χ3n) is 1.91. The zero-order valence-electron chi connectivity index (χ0n) is 5.42. The first-order valence-electron chi connectivity index (χ1n) is 3.15. The van der Waals surface area contributed by atoms with Crippen molar-refractivity contribution < 1.29 is 9.90 Å². The first kappa shape index (κ1) is 6.55. The summed E-state index contributed by atoms with van der Waals surface area (Å²) >= 11 is 0. The number of hydrogen-bond donors (Lipinski definition) is 2. The fourth-order valence-electron chi connectivity index (χ4n) is 0.866. The van der Waals surface area contributed by atoms with Crippen LogP contribution in [0.5, 0.6) is 0 Å². The molecule has 1 rings (SSSR count). The lowest BCUT2D eigenvalue weighted by Gasteiger charge is -2.29. The van der Waals surface area contributed by atoms with Crippen LogP contribution in [0.3, 0.4) is 0 Å². The van der Waals surface area contributed by atoms with Crippen LogP contribution in [0.1, 0.15) is 6.92 Å². The SMILES string of the molecule is C[C@@H](C(=O)O)C1CNC1. The van der Waals surface area contributed by atoms with Crippen molar-refractivity contribution in [1.82, 2.24) is 5.32 Å². The molecule has 0 radical (unpaired) electrons. The average Bonchev–Trinajstić information content (AvgIpc) is 1.60. The predicted octanol–water partition coefficient (Wildman–Crippen LogP) is -0.0735. The molecular formula is C6H11NO2. The van der Waals surface area contributed by atoms with Gasteiger partial charge < -0.3 is 10.4 Å². The molecule has 1 atom stereocenters. The van der Waals surface area contributed by atoms with E-state index >= 15 is 0 Å². The summed E-state index contributed by atoms with van der Waals surface area (Å²) in [4.78, 5) is 10.3. The predicted molar refractivity (Wildman–Crippen MR) is 33.2 cm³/mol. The van der Waals surface area contributed by atoms with Gasteiger partial charge >= 0.3 is 5.97 Å². The number of rotatable bonds is 2. The van der Waals surface area contributed by atoms with E-state index in [0.29, 0.717) is 5.92 Å². The zero-order chi connectivity index (χ0) is 6.85.